The van der Waals surface area contributed by atoms with E-state index in [1.54, 1.807) is 0 Å². The highest BCUT2D eigenvalue weighted by Crippen LogP contribution is 2.38. The van der Waals surface area contributed by atoms with Crippen LogP contribution in [0.15, 0.2) is 59.6 Å². The Hall–Kier alpha value is -3.99. The zero-order valence-corrected chi connectivity index (χ0v) is 21.6. The van der Waals surface area contributed by atoms with Gasteiger partial charge in [-0.1, -0.05) is 48.9 Å². The van der Waals surface area contributed by atoms with E-state index in [1.807, 2.05) is 42.2 Å². The zero-order chi connectivity index (χ0) is 28.0. The van der Waals surface area contributed by atoms with Crippen LogP contribution in [0.3, 0.4) is 0 Å². The molecule has 1 saturated carbocycles. The number of rotatable bonds is 12. The van der Waals surface area contributed by atoms with E-state index < -0.39 is 23.5 Å². The lowest BCUT2D eigenvalue weighted by molar-refractivity contribution is -0.137. The normalized spacial score (nSPS) is 14.4. The number of benzene rings is 2. The number of nitrogens with zero attached hydrogens (tertiary/aromatic N) is 4. The third-order valence-electron chi connectivity index (χ3n) is 6.87. The third-order valence-corrected chi connectivity index (χ3v) is 6.87. The van der Waals surface area contributed by atoms with Gasteiger partial charge in [0.1, 0.15) is 5.69 Å². The lowest BCUT2D eigenvalue weighted by Gasteiger charge is -2.34. The molecule has 206 valence electrons. The molecule has 0 spiro atoms. The molecule has 3 aromatic rings. The molecule has 1 fully saturated rings. The van der Waals surface area contributed by atoms with Gasteiger partial charge in [0.05, 0.1) is 12.2 Å². The molecule has 3 N–H and O–H groups in total. The van der Waals surface area contributed by atoms with E-state index in [-0.39, 0.29) is 30.9 Å². The van der Waals surface area contributed by atoms with Crippen molar-refractivity contribution in [3.05, 3.63) is 77.1 Å². The van der Waals surface area contributed by atoms with Gasteiger partial charge in [0.2, 0.25) is 5.82 Å². The minimum absolute atomic E-state index is 0.0110. The largest absolute Gasteiger partial charge is 0.475 e. The topological polar surface area (TPSA) is 103 Å². The van der Waals surface area contributed by atoms with Gasteiger partial charge in [-0.05, 0) is 55.7 Å². The van der Waals surface area contributed by atoms with Gasteiger partial charge < -0.3 is 15.3 Å². The first-order chi connectivity index (χ1) is 18.7. The minimum Gasteiger partial charge on any atom is -0.475 e. The van der Waals surface area contributed by atoms with Crippen LogP contribution in [0.25, 0.3) is 0 Å². The van der Waals surface area contributed by atoms with Gasteiger partial charge in [-0.2, -0.15) is 13.2 Å². The number of alkyl halides is 3. The van der Waals surface area contributed by atoms with Crippen molar-refractivity contribution in [3.8, 4) is 0 Å². The van der Waals surface area contributed by atoms with Crippen LogP contribution in [0.5, 0.6) is 0 Å². The number of carboxylic acid groups (broad SMARTS) is 1. The summed E-state index contributed by atoms with van der Waals surface area (Å²) in [6.45, 7) is 6.58. The minimum atomic E-state index is -4.44. The fraction of sp³-hybridized carbons (Fsp3) is 0.357. The van der Waals surface area contributed by atoms with Crippen LogP contribution in [0, 0.1) is 5.92 Å². The molecular formula is C28H31F3N6O2. The molecule has 1 aliphatic rings. The Kier molecular flexibility index (Phi) is 8.80. The molecular weight excluding hydrogens is 509 g/mol. The molecule has 0 saturated heterocycles. The maximum atomic E-state index is 13.1. The van der Waals surface area contributed by atoms with Crippen LogP contribution in [0.2, 0.25) is 0 Å². The predicted octanol–water partition coefficient (Wildman–Crippen LogP) is 5.88. The molecule has 0 bridgehead atoms. The number of hydrogen-bond donors (Lipinski definition) is 3. The van der Waals surface area contributed by atoms with Crippen LogP contribution in [-0.4, -0.2) is 40.5 Å². The van der Waals surface area contributed by atoms with Crippen molar-refractivity contribution in [2.45, 2.75) is 51.5 Å². The second-order valence-electron chi connectivity index (χ2n) is 9.62. The van der Waals surface area contributed by atoms with E-state index in [9.17, 15) is 23.1 Å². The van der Waals surface area contributed by atoms with Crippen molar-refractivity contribution in [1.29, 1.82) is 0 Å². The van der Waals surface area contributed by atoms with E-state index in [2.05, 4.69) is 32.3 Å². The summed E-state index contributed by atoms with van der Waals surface area (Å²) in [5, 5.41) is 16.3. The Morgan fingerprint density at radius 3 is 2.38 bits per heavy atom. The second kappa shape index (κ2) is 12.2. The molecule has 1 aliphatic carbocycles. The Morgan fingerprint density at radius 1 is 1.13 bits per heavy atom. The summed E-state index contributed by atoms with van der Waals surface area (Å²) in [5.41, 5.74) is 1.34. The number of carbonyl (C=O) groups is 1. The molecule has 39 heavy (non-hydrogen) atoms. The summed E-state index contributed by atoms with van der Waals surface area (Å²) in [4.78, 5) is 26.1. The smallest absolute Gasteiger partial charge is 0.416 e. The Bertz CT molecular complexity index is 1280. The first-order valence-corrected chi connectivity index (χ1v) is 12.7. The Labute approximate surface area is 225 Å². The molecule has 1 atom stereocenters. The molecule has 1 aromatic heterocycles. The highest BCUT2D eigenvalue weighted by atomic mass is 19.4. The first-order valence-electron chi connectivity index (χ1n) is 12.7. The van der Waals surface area contributed by atoms with Crippen molar-refractivity contribution in [1.82, 2.24) is 15.3 Å². The number of hydrogen-bond acceptors (Lipinski definition) is 7. The molecule has 4 rings (SSSR count). The molecule has 1 heterocycles. The van der Waals surface area contributed by atoms with Crippen LogP contribution in [-0.2, 0) is 19.3 Å². The third kappa shape index (κ3) is 7.11. The first kappa shape index (κ1) is 28.0. The average Bonchev–Trinajstić information content (AvgIpc) is 2.87. The van der Waals surface area contributed by atoms with E-state index in [1.165, 1.54) is 12.1 Å². The SMILES string of the molecule is C=Nc1nc(C(=O)O)nc(N[C@H](C)C2CCC2)c1N(CNCc1ccccc1)Cc1ccc(C(F)(F)F)cc1. The summed E-state index contributed by atoms with van der Waals surface area (Å²) in [5.74, 6) is -0.948. The zero-order valence-electron chi connectivity index (χ0n) is 21.6. The van der Waals surface area contributed by atoms with Crippen molar-refractivity contribution in [2.75, 3.05) is 16.9 Å². The van der Waals surface area contributed by atoms with Gasteiger partial charge in [0.15, 0.2) is 11.6 Å². The molecule has 11 heteroatoms. The number of aliphatic imine (C=N–C) groups is 1. The number of carboxylic acids is 1. The standard InChI is InChI=1S/C28H31F3N6O2/c1-18(21-9-6-10-21)34-25-23(24(32-2)35-26(36-25)27(38)39)37(17-33-15-19-7-4-3-5-8-19)16-20-11-13-22(14-12-20)28(29,30)31/h3-5,7-8,11-14,18,21,33H,2,6,9-10,15-17H2,1H3,(H,38,39)(H,34,35,36)/t18-/m1/s1. The van der Waals surface area contributed by atoms with Crippen molar-refractivity contribution >= 4 is 30.0 Å². The fourth-order valence-electron chi connectivity index (χ4n) is 4.48. The average molecular weight is 541 g/mol. The summed E-state index contributed by atoms with van der Waals surface area (Å²) >= 11 is 0. The van der Waals surface area contributed by atoms with Crippen LogP contribution in [0.4, 0.5) is 30.5 Å². The maximum absolute atomic E-state index is 13.1. The van der Waals surface area contributed by atoms with Crippen LogP contribution in [0.1, 0.15) is 53.5 Å². The number of nitrogens with one attached hydrogen (secondary N) is 2. The van der Waals surface area contributed by atoms with Crippen molar-refractivity contribution in [3.63, 3.8) is 0 Å². The monoisotopic (exact) mass is 540 g/mol. The van der Waals surface area contributed by atoms with Gasteiger partial charge >= 0.3 is 12.1 Å². The fourth-order valence-corrected chi connectivity index (χ4v) is 4.48. The number of anilines is 2. The molecule has 0 radical (unpaired) electrons. The summed E-state index contributed by atoms with van der Waals surface area (Å²) < 4.78 is 39.4. The van der Waals surface area contributed by atoms with Crippen molar-refractivity contribution in [2.24, 2.45) is 10.9 Å². The number of aromatic carboxylic acids is 1. The number of halogens is 3. The maximum Gasteiger partial charge on any atom is 0.416 e. The summed E-state index contributed by atoms with van der Waals surface area (Å²) in [7, 11) is 0. The summed E-state index contributed by atoms with van der Waals surface area (Å²) in [6.07, 6.45) is -1.19. The highest BCUT2D eigenvalue weighted by Gasteiger charge is 2.31. The lowest BCUT2D eigenvalue weighted by atomic mass is 9.80. The van der Waals surface area contributed by atoms with Gasteiger partial charge in [-0.25, -0.2) is 19.8 Å². The van der Waals surface area contributed by atoms with Crippen LogP contribution >= 0.6 is 0 Å². The van der Waals surface area contributed by atoms with Crippen LogP contribution < -0.4 is 15.5 Å². The Balaban J connectivity index is 1.70. The van der Waals surface area contributed by atoms with E-state index in [4.69, 9.17) is 0 Å². The summed E-state index contributed by atoms with van der Waals surface area (Å²) in [6, 6.07) is 14.7. The number of aromatic nitrogens is 2. The van der Waals surface area contributed by atoms with Gasteiger partial charge in [0.25, 0.3) is 0 Å². The van der Waals surface area contributed by atoms with Gasteiger partial charge in [0, 0.05) is 19.1 Å². The van der Waals surface area contributed by atoms with E-state index in [0.29, 0.717) is 23.7 Å². The van der Waals surface area contributed by atoms with E-state index >= 15 is 0 Å². The van der Waals surface area contributed by atoms with Gasteiger partial charge in [-0.3, -0.25) is 5.32 Å². The quantitative estimate of drug-likeness (QED) is 0.195. The predicted molar refractivity (Wildman–Crippen MR) is 144 cm³/mol. The lowest BCUT2D eigenvalue weighted by Crippen LogP contribution is -2.36. The Morgan fingerprint density at radius 2 is 1.82 bits per heavy atom. The molecule has 2 aromatic carbocycles. The second-order valence-corrected chi connectivity index (χ2v) is 9.62. The molecule has 0 amide bonds. The molecule has 0 unspecified atom stereocenters. The molecule has 0 aliphatic heterocycles. The molecule has 8 nitrogen and oxygen atoms in total. The van der Waals surface area contributed by atoms with Crippen molar-refractivity contribution < 1.29 is 23.1 Å². The highest BCUT2D eigenvalue weighted by molar-refractivity contribution is 5.87. The van der Waals surface area contributed by atoms with Gasteiger partial charge in [-0.15, -0.1) is 0 Å². The van der Waals surface area contributed by atoms with E-state index in [0.717, 1.165) is 37.0 Å².